The molecular weight excluding hydrogens is 378 g/mol. The summed E-state index contributed by atoms with van der Waals surface area (Å²) in [6.45, 7) is 2.23. The molecule has 2 aromatic rings. The highest BCUT2D eigenvalue weighted by molar-refractivity contribution is 7.99. The SMILES string of the molecule is CCCCCCCCCSC[C@H]1O[C@@H](n2cnc3c(N)ncnc32)[C@H](O)[C@@H]1O. The first-order valence-corrected chi connectivity index (χ1v) is 11.3. The summed E-state index contributed by atoms with van der Waals surface area (Å²) in [5.74, 6) is 1.96. The third kappa shape index (κ3) is 4.94. The molecule has 1 saturated heterocycles. The lowest BCUT2D eigenvalue weighted by molar-refractivity contribution is -0.0289. The smallest absolute Gasteiger partial charge is 0.167 e. The summed E-state index contributed by atoms with van der Waals surface area (Å²) in [4.78, 5) is 12.3. The van der Waals surface area contributed by atoms with E-state index in [4.69, 9.17) is 10.5 Å². The number of anilines is 1. The fourth-order valence-electron chi connectivity index (χ4n) is 3.51. The maximum Gasteiger partial charge on any atom is 0.167 e. The summed E-state index contributed by atoms with van der Waals surface area (Å²) in [7, 11) is 0. The van der Waals surface area contributed by atoms with Gasteiger partial charge in [-0.25, -0.2) is 15.0 Å². The first kappa shape index (κ1) is 21.3. The van der Waals surface area contributed by atoms with E-state index in [-0.39, 0.29) is 5.82 Å². The molecule has 0 aliphatic carbocycles. The molecule has 0 amide bonds. The summed E-state index contributed by atoms with van der Waals surface area (Å²) in [5, 5.41) is 20.9. The summed E-state index contributed by atoms with van der Waals surface area (Å²) >= 11 is 1.76. The molecule has 8 nitrogen and oxygen atoms in total. The average molecular weight is 410 g/mol. The third-order valence-corrected chi connectivity index (χ3v) is 6.31. The Balaban J connectivity index is 1.46. The van der Waals surface area contributed by atoms with E-state index in [1.54, 1.807) is 16.3 Å². The molecule has 0 bridgehead atoms. The Morgan fingerprint density at radius 3 is 2.61 bits per heavy atom. The van der Waals surface area contributed by atoms with Crippen molar-refractivity contribution in [2.75, 3.05) is 17.2 Å². The highest BCUT2D eigenvalue weighted by atomic mass is 32.2. The van der Waals surface area contributed by atoms with Gasteiger partial charge in [0.05, 0.1) is 12.4 Å². The largest absolute Gasteiger partial charge is 0.387 e. The molecule has 0 unspecified atom stereocenters. The van der Waals surface area contributed by atoms with Crippen LogP contribution in [0.4, 0.5) is 5.82 Å². The van der Waals surface area contributed by atoms with Crippen LogP contribution in [0, 0.1) is 0 Å². The second-order valence-electron chi connectivity index (χ2n) is 7.33. The first-order valence-electron chi connectivity index (χ1n) is 10.2. The number of nitrogens with two attached hydrogens (primary N) is 1. The Kier molecular flexibility index (Phi) is 7.90. The Morgan fingerprint density at radius 2 is 1.82 bits per heavy atom. The summed E-state index contributed by atoms with van der Waals surface area (Å²) in [5.41, 5.74) is 6.76. The Bertz CT molecular complexity index is 743. The molecule has 0 saturated carbocycles. The van der Waals surface area contributed by atoms with E-state index in [1.807, 2.05) is 0 Å². The maximum atomic E-state index is 10.5. The van der Waals surface area contributed by atoms with Gasteiger partial charge >= 0.3 is 0 Å². The van der Waals surface area contributed by atoms with Gasteiger partial charge in [-0.05, 0) is 12.2 Å². The van der Waals surface area contributed by atoms with Crippen LogP contribution in [-0.4, -0.2) is 59.5 Å². The van der Waals surface area contributed by atoms with Crippen molar-refractivity contribution < 1.29 is 14.9 Å². The standard InChI is InChI=1S/C19H31N5O3S/c1-2-3-4-5-6-7-8-9-28-10-13-15(25)16(26)19(27-13)24-12-23-14-17(20)21-11-22-18(14)24/h11-13,15-16,19,25-26H,2-10H2,1H3,(H2,20,21,22)/t13-,15-,16-,19-/m1/s1. The lowest BCUT2D eigenvalue weighted by atomic mass is 10.1. The molecule has 3 heterocycles. The lowest BCUT2D eigenvalue weighted by Crippen LogP contribution is -2.32. The van der Waals surface area contributed by atoms with Crippen molar-refractivity contribution in [3.05, 3.63) is 12.7 Å². The van der Waals surface area contributed by atoms with Gasteiger partial charge in [0, 0.05) is 5.75 Å². The fraction of sp³-hybridized carbons (Fsp3) is 0.737. The Labute approximate surface area is 169 Å². The molecule has 156 valence electrons. The van der Waals surface area contributed by atoms with Gasteiger partial charge in [-0.1, -0.05) is 45.4 Å². The summed E-state index contributed by atoms with van der Waals surface area (Å²) in [6, 6.07) is 0. The van der Waals surface area contributed by atoms with Crippen LogP contribution in [0.1, 0.15) is 58.1 Å². The number of aliphatic hydroxyl groups is 2. The molecule has 4 atom stereocenters. The number of thioether (sulfide) groups is 1. The number of aliphatic hydroxyl groups excluding tert-OH is 2. The molecular formula is C19H31N5O3S. The van der Waals surface area contributed by atoms with Crippen LogP contribution in [0.3, 0.4) is 0 Å². The van der Waals surface area contributed by atoms with E-state index in [0.29, 0.717) is 16.9 Å². The van der Waals surface area contributed by atoms with Crippen LogP contribution in [0.25, 0.3) is 11.2 Å². The van der Waals surface area contributed by atoms with Crippen molar-refractivity contribution in [1.29, 1.82) is 0 Å². The zero-order valence-electron chi connectivity index (χ0n) is 16.4. The minimum absolute atomic E-state index is 0.276. The van der Waals surface area contributed by atoms with Gasteiger partial charge in [0.15, 0.2) is 17.7 Å². The first-order chi connectivity index (χ1) is 13.6. The van der Waals surface area contributed by atoms with E-state index >= 15 is 0 Å². The van der Waals surface area contributed by atoms with Crippen LogP contribution >= 0.6 is 11.8 Å². The van der Waals surface area contributed by atoms with Crippen LogP contribution in [-0.2, 0) is 4.74 Å². The molecule has 0 radical (unpaired) electrons. The summed E-state index contributed by atoms with van der Waals surface area (Å²) in [6.07, 6.45) is 8.71. The molecule has 9 heteroatoms. The fourth-order valence-corrected chi connectivity index (χ4v) is 4.60. The van der Waals surface area contributed by atoms with E-state index in [2.05, 4.69) is 21.9 Å². The second-order valence-corrected chi connectivity index (χ2v) is 8.48. The molecule has 1 fully saturated rings. The predicted octanol–water partition coefficient (Wildman–Crippen LogP) is 2.51. The van der Waals surface area contributed by atoms with E-state index in [0.717, 1.165) is 5.75 Å². The van der Waals surface area contributed by atoms with Crippen molar-refractivity contribution in [1.82, 2.24) is 19.5 Å². The highest BCUT2D eigenvalue weighted by Crippen LogP contribution is 2.33. The monoisotopic (exact) mass is 409 g/mol. The number of aromatic nitrogens is 4. The molecule has 4 N–H and O–H groups in total. The normalized spacial score (nSPS) is 25.0. The number of ether oxygens (including phenoxy) is 1. The molecule has 2 aromatic heterocycles. The van der Waals surface area contributed by atoms with Crippen molar-refractivity contribution in [2.45, 2.75) is 76.4 Å². The van der Waals surface area contributed by atoms with Crippen LogP contribution < -0.4 is 5.73 Å². The number of hydrogen-bond donors (Lipinski definition) is 3. The Hall–Kier alpha value is -1.42. The quantitative estimate of drug-likeness (QED) is 0.484. The third-order valence-electron chi connectivity index (χ3n) is 5.17. The summed E-state index contributed by atoms with van der Waals surface area (Å²) < 4.78 is 7.56. The zero-order valence-corrected chi connectivity index (χ0v) is 17.2. The topological polar surface area (TPSA) is 119 Å². The van der Waals surface area contributed by atoms with Gasteiger partial charge in [-0.15, -0.1) is 0 Å². The van der Waals surface area contributed by atoms with Gasteiger partial charge in [0.2, 0.25) is 0 Å². The van der Waals surface area contributed by atoms with Gasteiger partial charge in [-0.3, -0.25) is 4.57 Å². The van der Waals surface area contributed by atoms with E-state index in [9.17, 15) is 10.2 Å². The van der Waals surface area contributed by atoms with Crippen LogP contribution in [0.15, 0.2) is 12.7 Å². The molecule has 3 rings (SSSR count). The van der Waals surface area contributed by atoms with Gasteiger partial charge < -0.3 is 20.7 Å². The van der Waals surface area contributed by atoms with Crippen molar-refractivity contribution >= 4 is 28.7 Å². The number of rotatable bonds is 11. The Morgan fingerprint density at radius 1 is 1.07 bits per heavy atom. The van der Waals surface area contributed by atoms with Crippen molar-refractivity contribution in [2.24, 2.45) is 0 Å². The van der Waals surface area contributed by atoms with Gasteiger partial charge in [0.25, 0.3) is 0 Å². The lowest BCUT2D eigenvalue weighted by Gasteiger charge is -2.16. The van der Waals surface area contributed by atoms with E-state index in [1.165, 1.54) is 57.6 Å². The second kappa shape index (κ2) is 10.4. The number of hydrogen-bond acceptors (Lipinski definition) is 8. The minimum atomic E-state index is -1.04. The van der Waals surface area contributed by atoms with Crippen molar-refractivity contribution in [3.63, 3.8) is 0 Å². The molecule has 28 heavy (non-hydrogen) atoms. The predicted molar refractivity (Wildman–Crippen MR) is 111 cm³/mol. The zero-order chi connectivity index (χ0) is 19.9. The number of unbranched alkanes of at least 4 members (excludes halogenated alkanes) is 6. The molecule has 0 spiro atoms. The highest BCUT2D eigenvalue weighted by Gasteiger charge is 2.44. The van der Waals surface area contributed by atoms with Crippen molar-refractivity contribution in [3.8, 4) is 0 Å². The average Bonchev–Trinajstić information content (AvgIpc) is 3.24. The maximum absolute atomic E-state index is 10.5. The van der Waals surface area contributed by atoms with E-state index < -0.39 is 24.5 Å². The number of fused-ring (bicyclic) bond motifs is 1. The molecule has 1 aliphatic rings. The van der Waals surface area contributed by atoms with Crippen LogP contribution in [0.2, 0.25) is 0 Å². The molecule has 1 aliphatic heterocycles. The number of imidazole rings is 1. The van der Waals surface area contributed by atoms with Gasteiger partial charge in [-0.2, -0.15) is 11.8 Å². The molecule has 0 aromatic carbocycles. The number of nitrogens with zero attached hydrogens (tertiary/aromatic N) is 4. The minimum Gasteiger partial charge on any atom is -0.387 e. The van der Waals surface area contributed by atoms with Crippen LogP contribution in [0.5, 0.6) is 0 Å². The number of nitrogen functional groups attached to an aromatic ring is 1. The van der Waals surface area contributed by atoms with Gasteiger partial charge in [0.1, 0.15) is 24.1 Å².